The molecule has 1 fully saturated rings. The minimum absolute atomic E-state index is 0.0553. The van der Waals surface area contributed by atoms with E-state index in [1.807, 2.05) is 35.2 Å². The number of carbonyl (C=O) groups is 1. The third-order valence-corrected chi connectivity index (χ3v) is 5.03. The molecule has 1 heterocycles. The number of benzene rings is 2. The number of halogens is 1. The quantitative estimate of drug-likeness (QED) is 0.744. The highest BCUT2D eigenvalue weighted by atomic mass is 35.5. The van der Waals surface area contributed by atoms with E-state index in [1.165, 1.54) is 6.42 Å². The van der Waals surface area contributed by atoms with Crippen LogP contribution in [0.25, 0.3) is 0 Å². The van der Waals surface area contributed by atoms with Crippen LogP contribution in [0.2, 0.25) is 5.02 Å². The van der Waals surface area contributed by atoms with Gasteiger partial charge in [-0.1, -0.05) is 23.7 Å². The first kappa shape index (κ1) is 18.6. The summed E-state index contributed by atoms with van der Waals surface area (Å²) in [5.74, 6) is 1.24. The highest BCUT2D eigenvalue weighted by Crippen LogP contribution is 2.30. The highest BCUT2D eigenvalue weighted by Gasteiger charge is 2.25. The minimum atomic E-state index is 0.0553. The van der Waals surface area contributed by atoms with Gasteiger partial charge in [0.2, 0.25) is 0 Å². The van der Waals surface area contributed by atoms with Crippen LogP contribution in [-0.4, -0.2) is 30.5 Å². The maximum absolute atomic E-state index is 12.8. The van der Waals surface area contributed by atoms with Gasteiger partial charge in [-0.05, 0) is 62.1 Å². The molecule has 138 valence electrons. The van der Waals surface area contributed by atoms with E-state index < -0.39 is 0 Å². The molecule has 0 bridgehead atoms. The summed E-state index contributed by atoms with van der Waals surface area (Å²) in [5.41, 5.74) is 1.65. The average molecular weight is 374 g/mol. The Labute approximate surface area is 159 Å². The number of rotatable bonds is 5. The van der Waals surface area contributed by atoms with Crippen LogP contribution in [0.1, 0.15) is 42.1 Å². The van der Waals surface area contributed by atoms with Gasteiger partial charge in [0, 0.05) is 23.2 Å². The number of ether oxygens (including phenoxy) is 2. The first-order valence-corrected chi connectivity index (χ1v) is 9.32. The summed E-state index contributed by atoms with van der Waals surface area (Å²) >= 11 is 5.90. The van der Waals surface area contributed by atoms with E-state index in [9.17, 15) is 4.79 Å². The molecule has 1 aliphatic rings. The Bertz CT molecular complexity index is 760. The topological polar surface area (TPSA) is 38.8 Å². The van der Waals surface area contributed by atoms with Crippen LogP contribution in [0.5, 0.6) is 11.5 Å². The molecule has 3 rings (SSSR count). The molecule has 0 aliphatic carbocycles. The molecule has 1 aliphatic heterocycles. The second kappa shape index (κ2) is 8.45. The molecular formula is C21H24ClNO3. The van der Waals surface area contributed by atoms with Gasteiger partial charge in [-0.15, -0.1) is 0 Å². The van der Waals surface area contributed by atoms with Crippen molar-refractivity contribution in [3.05, 3.63) is 58.6 Å². The van der Waals surface area contributed by atoms with Crippen molar-refractivity contribution in [2.45, 2.75) is 38.8 Å². The molecule has 26 heavy (non-hydrogen) atoms. The SMILES string of the molecule is COc1cc(C(=O)N2CCCCC2C)ccc1OCc1ccc(Cl)cc1. The molecule has 0 N–H and O–H groups in total. The van der Waals surface area contributed by atoms with Gasteiger partial charge in [0.25, 0.3) is 5.91 Å². The summed E-state index contributed by atoms with van der Waals surface area (Å²) in [4.78, 5) is 14.8. The maximum Gasteiger partial charge on any atom is 0.254 e. The maximum atomic E-state index is 12.8. The van der Waals surface area contributed by atoms with Gasteiger partial charge in [0.1, 0.15) is 6.61 Å². The first-order chi connectivity index (χ1) is 12.6. The zero-order valence-electron chi connectivity index (χ0n) is 15.2. The van der Waals surface area contributed by atoms with Crippen molar-refractivity contribution in [2.24, 2.45) is 0 Å². The van der Waals surface area contributed by atoms with Crippen molar-refractivity contribution in [2.75, 3.05) is 13.7 Å². The smallest absolute Gasteiger partial charge is 0.254 e. The molecule has 5 heteroatoms. The second-order valence-electron chi connectivity index (χ2n) is 6.62. The number of carbonyl (C=O) groups excluding carboxylic acids is 1. The molecule has 1 atom stereocenters. The fourth-order valence-electron chi connectivity index (χ4n) is 3.23. The first-order valence-electron chi connectivity index (χ1n) is 8.94. The van der Waals surface area contributed by atoms with Crippen LogP contribution < -0.4 is 9.47 Å². The van der Waals surface area contributed by atoms with Crippen LogP contribution in [-0.2, 0) is 6.61 Å². The number of likely N-dealkylation sites (tertiary alicyclic amines) is 1. The van der Waals surface area contributed by atoms with Gasteiger partial charge in [0.15, 0.2) is 11.5 Å². The number of piperidine rings is 1. The number of hydrogen-bond acceptors (Lipinski definition) is 3. The van der Waals surface area contributed by atoms with E-state index in [1.54, 1.807) is 19.2 Å². The largest absolute Gasteiger partial charge is 0.493 e. The number of hydrogen-bond donors (Lipinski definition) is 0. The zero-order valence-corrected chi connectivity index (χ0v) is 16.0. The Kier molecular flexibility index (Phi) is 6.04. The fourth-order valence-corrected chi connectivity index (χ4v) is 3.35. The Morgan fingerprint density at radius 1 is 1.15 bits per heavy atom. The lowest BCUT2D eigenvalue weighted by molar-refractivity contribution is 0.0635. The monoisotopic (exact) mass is 373 g/mol. The lowest BCUT2D eigenvalue weighted by atomic mass is 10.0. The molecule has 0 radical (unpaired) electrons. The lowest BCUT2D eigenvalue weighted by Gasteiger charge is -2.33. The van der Waals surface area contributed by atoms with E-state index in [0.29, 0.717) is 28.7 Å². The molecule has 0 saturated carbocycles. The van der Waals surface area contributed by atoms with Crippen LogP contribution in [0.4, 0.5) is 0 Å². The highest BCUT2D eigenvalue weighted by molar-refractivity contribution is 6.30. The second-order valence-corrected chi connectivity index (χ2v) is 7.06. The molecule has 0 spiro atoms. The van der Waals surface area contributed by atoms with Crippen LogP contribution in [0, 0.1) is 0 Å². The predicted octanol–water partition coefficient (Wildman–Crippen LogP) is 4.94. The number of methoxy groups -OCH3 is 1. The van der Waals surface area contributed by atoms with Gasteiger partial charge in [-0.25, -0.2) is 0 Å². The van der Waals surface area contributed by atoms with Crippen LogP contribution in [0.15, 0.2) is 42.5 Å². The van der Waals surface area contributed by atoms with E-state index in [0.717, 1.165) is 24.9 Å². The van der Waals surface area contributed by atoms with Crippen molar-refractivity contribution >= 4 is 17.5 Å². The molecule has 1 amide bonds. The fraction of sp³-hybridized carbons (Fsp3) is 0.381. The van der Waals surface area contributed by atoms with E-state index in [4.69, 9.17) is 21.1 Å². The van der Waals surface area contributed by atoms with Crippen molar-refractivity contribution < 1.29 is 14.3 Å². The van der Waals surface area contributed by atoms with E-state index in [2.05, 4.69) is 6.92 Å². The average Bonchev–Trinajstić information content (AvgIpc) is 2.67. The third-order valence-electron chi connectivity index (χ3n) is 4.78. The zero-order chi connectivity index (χ0) is 18.5. The lowest BCUT2D eigenvalue weighted by Crippen LogP contribution is -2.42. The molecule has 2 aromatic rings. The van der Waals surface area contributed by atoms with Crippen LogP contribution >= 0.6 is 11.6 Å². The summed E-state index contributed by atoms with van der Waals surface area (Å²) in [6.07, 6.45) is 3.31. The molecule has 2 aromatic carbocycles. The van der Waals surface area contributed by atoms with Crippen molar-refractivity contribution in [3.8, 4) is 11.5 Å². The van der Waals surface area contributed by atoms with Crippen molar-refractivity contribution in [1.29, 1.82) is 0 Å². The third kappa shape index (κ3) is 4.31. The molecule has 4 nitrogen and oxygen atoms in total. The predicted molar refractivity (Wildman–Crippen MR) is 103 cm³/mol. The standard InChI is InChI=1S/C21H24ClNO3/c1-15-5-3-4-12-23(15)21(24)17-8-11-19(20(13-17)25-2)26-14-16-6-9-18(22)10-7-16/h6-11,13,15H,3-5,12,14H2,1-2H3. The van der Waals surface area contributed by atoms with E-state index in [-0.39, 0.29) is 11.9 Å². The van der Waals surface area contributed by atoms with Gasteiger partial charge < -0.3 is 14.4 Å². The summed E-state index contributed by atoms with van der Waals surface area (Å²) in [5, 5.41) is 0.695. The van der Waals surface area contributed by atoms with Gasteiger partial charge in [-0.2, -0.15) is 0 Å². The molecular weight excluding hydrogens is 350 g/mol. The summed E-state index contributed by atoms with van der Waals surface area (Å²) in [6.45, 7) is 3.33. The molecule has 0 aromatic heterocycles. The minimum Gasteiger partial charge on any atom is -0.493 e. The Morgan fingerprint density at radius 2 is 1.92 bits per heavy atom. The Hall–Kier alpha value is -2.20. The molecule has 1 saturated heterocycles. The normalized spacial score (nSPS) is 17.0. The van der Waals surface area contributed by atoms with Gasteiger partial charge in [-0.3, -0.25) is 4.79 Å². The summed E-state index contributed by atoms with van der Waals surface area (Å²) in [6, 6.07) is 13.2. The van der Waals surface area contributed by atoms with E-state index >= 15 is 0 Å². The summed E-state index contributed by atoms with van der Waals surface area (Å²) in [7, 11) is 1.59. The van der Waals surface area contributed by atoms with Crippen LogP contribution in [0.3, 0.4) is 0 Å². The van der Waals surface area contributed by atoms with Gasteiger partial charge >= 0.3 is 0 Å². The number of nitrogens with zero attached hydrogens (tertiary/aromatic N) is 1. The summed E-state index contributed by atoms with van der Waals surface area (Å²) < 4.78 is 11.3. The van der Waals surface area contributed by atoms with Crippen molar-refractivity contribution in [1.82, 2.24) is 4.90 Å². The van der Waals surface area contributed by atoms with Crippen molar-refractivity contribution in [3.63, 3.8) is 0 Å². The number of amides is 1. The van der Waals surface area contributed by atoms with Gasteiger partial charge in [0.05, 0.1) is 7.11 Å². The molecule has 1 unspecified atom stereocenters. The Morgan fingerprint density at radius 3 is 2.62 bits per heavy atom. The Balaban J connectivity index is 1.72.